The predicted molar refractivity (Wildman–Crippen MR) is 63.2 cm³/mol. The minimum atomic E-state index is 1.08. The van der Waals surface area contributed by atoms with Gasteiger partial charge in [-0.3, -0.25) is 0 Å². The highest BCUT2D eigenvalue weighted by atomic mass is 15.2. The Morgan fingerprint density at radius 3 is 3.13 bits per heavy atom. The number of aryl methyl sites for hydroxylation is 2. The molecule has 0 saturated carbocycles. The van der Waals surface area contributed by atoms with E-state index >= 15 is 0 Å². The maximum Gasteiger partial charge on any atom is 0.203 e. The molecule has 1 N–H and O–H groups in total. The average Bonchev–Trinajstić information content (AvgIpc) is 2.67. The van der Waals surface area contributed by atoms with Crippen LogP contribution in [0.15, 0.2) is 6.20 Å². The number of rotatable bonds is 5. The zero-order valence-corrected chi connectivity index (χ0v) is 9.63. The second-order valence-corrected chi connectivity index (χ2v) is 4.34. The first kappa shape index (κ1) is 10.5. The van der Waals surface area contributed by atoms with Crippen molar-refractivity contribution >= 4 is 5.95 Å². The summed E-state index contributed by atoms with van der Waals surface area (Å²) in [6.45, 7) is 4.45. The van der Waals surface area contributed by atoms with Crippen LogP contribution in [0.4, 0.5) is 5.95 Å². The van der Waals surface area contributed by atoms with Crippen molar-refractivity contribution in [3.05, 3.63) is 11.9 Å². The van der Waals surface area contributed by atoms with Gasteiger partial charge in [0.1, 0.15) is 0 Å². The first-order valence-electron chi connectivity index (χ1n) is 6.20. The molecule has 0 fully saturated rings. The van der Waals surface area contributed by atoms with Gasteiger partial charge in [0.25, 0.3) is 0 Å². The topological polar surface area (TPSA) is 29.9 Å². The molecule has 0 spiro atoms. The molecule has 0 radical (unpaired) electrons. The van der Waals surface area contributed by atoms with Crippen LogP contribution in [0.25, 0.3) is 0 Å². The van der Waals surface area contributed by atoms with Gasteiger partial charge in [0, 0.05) is 19.3 Å². The lowest BCUT2D eigenvalue weighted by molar-refractivity contribution is 0.626. The Balaban J connectivity index is 1.84. The molecule has 0 saturated heterocycles. The van der Waals surface area contributed by atoms with E-state index in [2.05, 4.69) is 28.0 Å². The zero-order chi connectivity index (χ0) is 10.5. The number of unbranched alkanes of at least 4 members (excludes halogenated alkanes) is 3. The summed E-state index contributed by atoms with van der Waals surface area (Å²) >= 11 is 0. The molecule has 2 heterocycles. The van der Waals surface area contributed by atoms with E-state index in [9.17, 15) is 0 Å². The molecule has 3 heteroatoms. The third-order valence-corrected chi connectivity index (χ3v) is 2.97. The van der Waals surface area contributed by atoms with Crippen LogP contribution >= 0.6 is 0 Å². The summed E-state index contributed by atoms with van der Waals surface area (Å²) in [6.07, 6.45) is 9.86. The maximum atomic E-state index is 4.60. The molecule has 1 aromatic heterocycles. The van der Waals surface area contributed by atoms with E-state index in [-0.39, 0.29) is 0 Å². The molecule has 1 aliphatic heterocycles. The van der Waals surface area contributed by atoms with Crippen LogP contribution in [-0.4, -0.2) is 16.1 Å². The number of nitrogens with one attached hydrogen (secondary N) is 1. The van der Waals surface area contributed by atoms with Gasteiger partial charge in [-0.2, -0.15) is 0 Å². The van der Waals surface area contributed by atoms with Crippen molar-refractivity contribution in [2.75, 3.05) is 11.9 Å². The highest BCUT2D eigenvalue weighted by Crippen LogP contribution is 2.15. The minimum Gasteiger partial charge on any atom is -0.356 e. The minimum absolute atomic E-state index is 1.08. The SMILES string of the molecule is CCCCCCc1cn2c(n1)NCCC2. The fourth-order valence-corrected chi connectivity index (χ4v) is 2.08. The Bertz CT molecular complexity index is 280. The summed E-state index contributed by atoms with van der Waals surface area (Å²) in [4.78, 5) is 4.60. The Kier molecular flexibility index (Phi) is 3.64. The van der Waals surface area contributed by atoms with Crippen LogP contribution in [0.5, 0.6) is 0 Å². The number of fused-ring (bicyclic) bond motifs is 1. The van der Waals surface area contributed by atoms with Crippen LogP contribution in [0.1, 0.15) is 44.7 Å². The van der Waals surface area contributed by atoms with Gasteiger partial charge >= 0.3 is 0 Å². The molecule has 15 heavy (non-hydrogen) atoms. The molecule has 0 unspecified atom stereocenters. The standard InChI is InChI=1S/C12H21N3/c1-2-3-4-5-7-11-10-15-9-6-8-13-12(15)14-11/h10H,2-9H2,1H3,(H,13,14). The van der Waals surface area contributed by atoms with E-state index in [1.807, 2.05) is 0 Å². The molecule has 0 aliphatic carbocycles. The number of hydrogen-bond donors (Lipinski definition) is 1. The third kappa shape index (κ3) is 2.74. The molecular weight excluding hydrogens is 186 g/mol. The van der Waals surface area contributed by atoms with Crippen molar-refractivity contribution in [2.45, 2.75) is 52.0 Å². The molecule has 3 nitrogen and oxygen atoms in total. The van der Waals surface area contributed by atoms with Crippen LogP contribution in [-0.2, 0) is 13.0 Å². The monoisotopic (exact) mass is 207 g/mol. The number of anilines is 1. The average molecular weight is 207 g/mol. The highest BCUT2D eigenvalue weighted by molar-refractivity contribution is 5.30. The molecule has 1 aromatic rings. The molecule has 2 rings (SSSR count). The van der Waals surface area contributed by atoms with Gasteiger partial charge in [-0.25, -0.2) is 4.98 Å². The Labute approximate surface area is 91.9 Å². The normalized spacial score (nSPS) is 14.7. The number of imidazole rings is 1. The molecule has 0 bridgehead atoms. The summed E-state index contributed by atoms with van der Waals surface area (Å²) in [7, 11) is 0. The number of hydrogen-bond acceptors (Lipinski definition) is 2. The van der Waals surface area contributed by atoms with E-state index in [0.717, 1.165) is 25.5 Å². The van der Waals surface area contributed by atoms with Crippen molar-refractivity contribution in [2.24, 2.45) is 0 Å². The quantitative estimate of drug-likeness (QED) is 0.752. The van der Waals surface area contributed by atoms with Crippen molar-refractivity contribution in [1.29, 1.82) is 0 Å². The maximum absolute atomic E-state index is 4.60. The van der Waals surface area contributed by atoms with E-state index in [0.29, 0.717) is 0 Å². The van der Waals surface area contributed by atoms with Gasteiger partial charge in [0.05, 0.1) is 5.69 Å². The van der Waals surface area contributed by atoms with Gasteiger partial charge in [0.2, 0.25) is 5.95 Å². The van der Waals surface area contributed by atoms with Crippen LogP contribution in [0.2, 0.25) is 0 Å². The van der Waals surface area contributed by atoms with Gasteiger partial charge in [-0.15, -0.1) is 0 Å². The molecule has 0 aromatic carbocycles. The zero-order valence-electron chi connectivity index (χ0n) is 9.63. The summed E-state index contributed by atoms with van der Waals surface area (Å²) < 4.78 is 2.25. The second kappa shape index (κ2) is 5.19. The van der Waals surface area contributed by atoms with Gasteiger partial charge in [0.15, 0.2) is 0 Å². The van der Waals surface area contributed by atoms with Gasteiger partial charge < -0.3 is 9.88 Å². The first-order chi connectivity index (χ1) is 7.40. The highest BCUT2D eigenvalue weighted by Gasteiger charge is 2.10. The van der Waals surface area contributed by atoms with E-state index in [4.69, 9.17) is 0 Å². The summed E-state index contributed by atoms with van der Waals surface area (Å²) in [5.74, 6) is 1.08. The molecular formula is C12H21N3. The summed E-state index contributed by atoms with van der Waals surface area (Å²) in [5, 5.41) is 3.34. The largest absolute Gasteiger partial charge is 0.356 e. The van der Waals surface area contributed by atoms with Crippen molar-refractivity contribution in [1.82, 2.24) is 9.55 Å². The fourth-order valence-electron chi connectivity index (χ4n) is 2.08. The van der Waals surface area contributed by atoms with Crippen molar-refractivity contribution in [3.8, 4) is 0 Å². The summed E-state index contributed by atoms with van der Waals surface area (Å²) in [5.41, 5.74) is 1.26. The van der Waals surface area contributed by atoms with Crippen molar-refractivity contribution < 1.29 is 0 Å². The lowest BCUT2D eigenvalue weighted by atomic mass is 10.1. The predicted octanol–water partition coefficient (Wildman–Crippen LogP) is 2.82. The lowest BCUT2D eigenvalue weighted by Crippen LogP contribution is -2.16. The third-order valence-electron chi connectivity index (χ3n) is 2.97. The smallest absolute Gasteiger partial charge is 0.203 e. The van der Waals surface area contributed by atoms with E-state index in [1.165, 1.54) is 37.8 Å². The Hall–Kier alpha value is -0.990. The molecule has 1 aliphatic rings. The molecule has 0 amide bonds. The number of nitrogens with zero attached hydrogens (tertiary/aromatic N) is 2. The van der Waals surface area contributed by atoms with Crippen LogP contribution < -0.4 is 5.32 Å². The van der Waals surface area contributed by atoms with Crippen LogP contribution in [0, 0.1) is 0 Å². The van der Waals surface area contributed by atoms with Crippen LogP contribution in [0.3, 0.4) is 0 Å². The fraction of sp³-hybridized carbons (Fsp3) is 0.750. The second-order valence-electron chi connectivity index (χ2n) is 4.34. The molecule has 84 valence electrons. The van der Waals surface area contributed by atoms with Gasteiger partial charge in [-0.05, 0) is 19.3 Å². The lowest BCUT2D eigenvalue weighted by Gasteiger charge is -2.14. The van der Waals surface area contributed by atoms with Crippen molar-refractivity contribution in [3.63, 3.8) is 0 Å². The van der Waals surface area contributed by atoms with E-state index in [1.54, 1.807) is 0 Å². The Morgan fingerprint density at radius 2 is 2.33 bits per heavy atom. The Morgan fingerprint density at radius 1 is 1.40 bits per heavy atom. The number of aromatic nitrogens is 2. The van der Waals surface area contributed by atoms with E-state index < -0.39 is 0 Å². The van der Waals surface area contributed by atoms with Gasteiger partial charge in [-0.1, -0.05) is 26.2 Å². The first-order valence-corrected chi connectivity index (χ1v) is 6.20. The molecule has 0 atom stereocenters. The summed E-state index contributed by atoms with van der Waals surface area (Å²) in [6, 6.07) is 0.